The highest BCUT2D eigenvalue weighted by molar-refractivity contribution is 9.11. The number of hydrogen-bond donors (Lipinski definition) is 1. The average molecular weight is 483 g/mol. The maximum Gasteiger partial charge on any atom is 0.271 e. The fourth-order valence-corrected chi connectivity index (χ4v) is 3.25. The molecular formula is C11H7Br3N4O3. The maximum atomic E-state index is 10.8. The summed E-state index contributed by atoms with van der Waals surface area (Å²) in [6.07, 6.45) is 1.35. The summed E-state index contributed by atoms with van der Waals surface area (Å²) >= 11 is 9.83. The minimum absolute atomic E-state index is 0.0567. The summed E-state index contributed by atoms with van der Waals surface area (Å²) in [6.45, 7) is 0. The summed E-state index contributed by atoms with van der Waals surface area (Å²) in [5, 5.41) is 13.7. The number of halogens is 3. The van der Waals surface area contributed by atoms with Crippen LogP contribution in [0.1, 0.15) is 0 Å². The molecule has 10 heteroatoms. The Bertz CT molecular complexity index is 688. The molecule has 0 unspecified atom stereocenters. The van der Waals surface area contributed by atoms with Crippen molar-refractivity contribution in [2.75, 3.05) is 12.4 Å². The Kier molecular flexibility index (Phi) is 5.12. The third-order valence-corrected chi connectivity index (χ3v) is 4.28. The molecule has 0 radical (unpaired) electrons. The fourth-order valence-electron chi connectivity index (χ4n) is 1.45. The molecule has 2 rings (SSSR count). The van der Waals surface area contributed by atoms with Crippen LogP contribution >= 0.6 is 47.8 Å². The molecule has 110 valence electrons. The van der Waals surface area contributed by atoms with Crippen molar-refractivity contribution in [1.29, 1.82) is 0 Å². The van der Waals surface area contributed by atoms with Gasteiger partial charge in [0.2, 0.25) is 5.88 Å². The number of rotatable bonds is 4. The van der Waals surface area contributed by atoms with Crippen LogP contribution in [0.5, 0.6) is 11.6 Å². The highest BCUT2D eigenvalue weighted by Gasteiger charge is 2.18. The lowest BCUT2D eigenvalue weighted by atomic mass is 10.3. The summed E-state index contributed by atoms with van der Waals surface area (Å²) < 4.78 is 7.10. The van der Waals surface area contributed by atoms with Crippen molar-refractivity contribution in [3.8, 4) is 11.6 Å². The van der Waals surface area contributed by atoms with Gasteiger partial charge < -0.3 is 10.1 Å². The van der Waals surface area contributed by atoms with Crippen molar-refractivity contribution >= 4 is 59.3 Å². The molecule has 0 atom stereocenters. The Hall–Kier alpha value is -1.26. The predicted molar refractivity (Wildman–Crippen MR) is 87.8 cm³/mol. The van der Waals surface area contributed by atoms with Gasteiger partial charge in [-0.1, -0.05) is 0 Å². The molecule has 0 saturated carbocycles. The first-order chi connectivity index (χ1) is 9.93. The number of non-ortho nitro benzene ring substituents is 1. The van der Waals surface area contributed by atoms with Crippen LogP contribution in [0, 0.1) is 10.1 Å². The summed E-state index contributed by atoms with van der Waals surface area (Å²) in [7, 11) is 1.72. The number of aromatic nitrogens is 2. The molecule has 0 amide bonds. The molecule has 1 aromatic heterocycles. The van der Waals surface area contributed by atoms with E-state index in [2.05, 4.69) is 63.1 Å². The van der Waals surface area contributed by atoms with Gasteiger partial charge in [0, 0.05) is 19.2 Å². The van der Waals surface area contributed by atoms with E-state index in [4.69, 9.17) is 4.74 Å². The second-order valence-corrected chi connectivity index (χ2v) is 6.19. The number of nitro groups is 1. The molecule has 1 aromatic carbocycles. The minimum atomic E-state index is -0.487. The van der Waals surface area contributed by atoms with E-state index < -0.39 is 4.92 Å². The molecule has 7 nitrogen and oxygen atoms in total. The lowest BCUT2D eigenvalue weighted by molar-refractivity contribution is -0.385. The van der Waals surface area contributed by atoms with Gasteiger partial charge in [-0.15, -0.1) is 0 Å². The Balaban J connectivity index is 2.43. The normalized spacial score (nSPS) is 10.3. The first kappa shape index (κ1) is 16.1. The fraction of sp³-hybridized carbons (Fsp3) is 0.0909. The number of anilines is 1. The lowest BCUT2D eigenvalue weighted by Gasteiger charge is -2.11. The molecule has 2 aromatic rings. The van der Waals surface area contributed by atoms with E-state index in [9.17, 15) is 10.1 Å². The Morgan fingerprint density at radius 1 is 1.24 bits per heavy atom. The largest absolute Gasteiger partial charge is 0.435 e. The number of nitrogens with one attached hydrogen (secondary N) is 1. The Labute approximate surface area is 144 Å². The molecule has 21 heavy (non-hydrogen) atoms. The summed E-state index contributed by atoms with van der Waals surface area (Å²) in [5.74, 6) is 1.22. The predicted octanol–water partition coefficient (Wildman–Crippen LogP) is 4.51. The van der Waals surface area contributed by atoms with Gasteiger partial charge >= 0.3 is 0 Å². The molecule has 0 spiro atoms. The van der Waals surface area contributed by atoms with Crippen LogP contribution in [-0.4, -0.2) is 21.9 Å². The Morgan fingerprint density at radius 2 is 1.86 bits per heavy atom. The van der Waals surface area contributed by atoms with Gasteiger partial charge in [-0.2, -0.15) is 0 Å². The SMILES string of the molecule is CNc1ncnc(Oc2c(Br)cc([N+](=O)[O-])cc2Br)c1Br. The van der Waals surface area contributed by atoms with Crippen LogP contribution < -0.4 is 10.1 Å². The molecule has 1 N–H and O–H groups in total. The van der Waals surface area contributed by atoms with E-state index in [1.54, 1.807) is 7.05 Å². The van der Waals surface area contributed by atoms with E-state index in [-0.39, 0.29) is 11.6 Å². The van der Waals surface area contributed by atoms with Gasteiger partial charge in [0.05, 0.1) is 13.9 Å². The highest BCUT2D eigenvalue weighted by atomic mass is 79.9. The third-order valence-electron chi connectivity index (χ3n) is 2.39. The van der Waals surface area contributed by atoms with Gasteiger partial charge in [0.25, 0.3) is 5.69 Å². The quantitative estimate of drug-likeness (QED) is 0.509. The molecular weight excluding hydrogens is 476 g/mol. The van der Waals surface area contributed by atoms with Crippen molar-refractivity contribution < 1.29 is 9.66 Å². The number of nitrogens with zero attached hydrogens (tertiary/aromatic N) is 3. The van der Waals surface area contributed by atoms with Crippen LogP contribution in [0.25, 0.3) is 0 Å². The standard InChI is InChI=1S/C11H7Br3N4O3/c1-15-10-8(14)11(17-4-16-10)21-9-6(12)2-5(18(19)20)3-7(9)13/h2-4H,1H3,(H,15,16,17). The molecule has 0 saturated heterocycles. The smallest absolute Gasteiger partial charge is 0.271 e. The second-order valence-electron chi connectivity index (χ2n) is 3.69. The average Bonchev–Trinajstić information content (AvgIpc) is 2.44. The van der Waals surface area contributed by atoms with Crippen molar-refractivity contribution in [2.45, 2.75) is 0 Å². The number of benzene rings is 1. The van der Waals surface area contributed by atoms with Gasteiger partial charge in [-0.25, -0.2) is 9.97 Å². The monoisotopic (exact) mass is 480 g/mol. The zero-order valence-corrected chi connectivity index (χ0v) is 15.2. The number of nitro benzene ring substituents is 1. The van der Waals surface area contributed by atoms with Gasteiger partial charge in [0.15, 0.2) is 5.75 Å². The molecule has 0 fully saturated rings. The first-order valence-corrected chi connectivity index (χ1v) is 7.81. The second kappa shape index (κ2) is 6.67. The molecule has 0 aliphatic carbocycles. The zero-order chi connectivity index (χ0) is 15.6. The van der Waals surface area contributed by atoms with Crippen LogP contribution in [0.4, 0.5) is 11.5 Å². The van der Waals surface area contributed by atoms with Crippen LogP contribution in [0.2, 0.25) is 0 Å². The van der Waals surface area contributed by atoms with Crippen molar-refractivity contribution in [3.05, 3.63) is 42.0 Å². The van der Waals surface area contributed by atoms with Crippen molar-refractivity contribution in [3.63, 3.8) is 0 Å². The summed E-state index contributed by atoms with van der Waals surface area (Å²) in [4.78, 5) is 18.4. The third kappa shape index (κ3) is 3.50. The highest BCUT2D eigenvalue weighted by Crippen LogP contribution is 2.41. The van der Waals surface area contributed by atoms with E-state index in [1.165, 1.54) is 18.5 Å². The van der Waals surface area contributed by atoms with E-state index in [0.29, 0.717) is 25.0 Å². The maximum absolute atomic E-state index is 10.8. The van der Waals surface area contributed by atoms with Gasteiger partial charge in [0.1, 0.15) is 16.6 Å². The molecule has 0 bridgehead atoms. The van der Waals surface area contributed by atoms with Crippen LogP contribution in [0.15, 0.2) is 31.9 Å². The molecule has 1 heterocycles. The minimum Gasteiger partial charge on any atom is -0.435 e. The molecule has 0 aliphatic rings. The van der Waals surface area contributed by atoms with E-state index in [0.717, 1.165) is 0 Å². The first-order valence-electron chi connectivity index (χ1n) is 5.43. The van der Waals surface area contributed by atoms with Crippen molar-refractivity contribution in [1.82, 2.24) is 9.97 Å². The summed E-state index contributed by atoms with van der Waals surface area (Å²) in [5.41, 5.74) is -0.0567. The Morgan fingerprint density at radius 3 is 2.38 bits per heavy atom. The van der Waals surface area contributed by atoms with E-state index in [1.807, 2.05) is 0 Å². The van der Waals surface area contributed by atoms with Crippen LogP contribution in [-0.2, 0) is 0 Å². The molecule has 0 aliphatic heterocycles. The van der Waals surface area contributed by atoms with Gasteiger partial charge in [-0.3, -0.25) is 10.1 Å². The van der Waals surface area contributed by atoms with E-state index >= 15 is 0 Å². The van der Waals surface area contributed by atoms with Crippen LogP contribution in [0.3, 0.4) is 0 Å². The number of ether oxygens (including phenoxy) is 1. The lowest BCUT2D eigenvalue weighted by Crippen LogP contribution is -1.98. The number of hydrogen-bond acceptors (Lipinski definition) is 6. The van der Waals surface area contributed by atoms with Gasteiger partial charge in [-0.05, 0) is 47.8 Å². The zero-order valence-electron chi connectivity index (χ0n) is 10.4. The topological polar surface area (TPSA) is 90.2 Å². The van der Waals surface area contributed by atoms with Crippen molar-refractivity contribution in [2.24, 2.45) is 0 Å². The summed E-state index contributed by atoms with van der Waals surface area (Å²) in [6, 6.07) is 2.71.